The number of aryl methyl sites for hydroxylation is 1. The van der Waals surface area contributed by atoms with Gasteiger partial charge < -0.3 is 30.9 Å². The zero-order valence-corrected chi connectivity index (χ0v) is 24.0. The monoisotopic (exact) mass is 628 g/mol. The van der Waals surface area contributed by atoms with Crippen LogP contribution in [-0.4, -0.2) is 78.3 Å². The Labute approximate surface area is 250 Å². The normalized spacial score (nSPS) is 22.8. The van der Waals surface area contributed by atoms with E-state index in [0.717, 1.165) is 31.2 Å². The number of nitrogens with two attached hydrogens (primary N) is 2. The summed E-state index contributed by atoms with van der Waals surface area (Å²) in [6.45, 7) is 2.27. The summed E-state index contributed by atoms with van der Waals surface area (Å²) in [7, 11) is 1.20. The molecule has 0 bridgehead atoms. The first-order valence-corrected chi connectivity index (χ1v) is 13.5. The van der Waals surface area contributed by atoms with E-state index in [1.54, 1.807) is 19.1 Å². The highest BCUT2D eigenvalue weighted by molar-refractivity contribution is 6.02. The van der Waals surface area contributed by atoms with E-state index in [4.69, 9.17) is 26.1 Å². The molecule has 14 nitrogen and oxygen atoms in total. The molecule has 1 saturated heterocycles. The zero-order chi connectivity index (χ0) is 33.3. The predicted molar refractivity (Wildman–Crippen MR) is 148 cm³/mol. The Balaban J connectivity index is 0.000000860. The number of methoxy groups -OCH3 is 1. The van der Waals surface area contributed by atoms with Crippen molar-refractivity contribution in [1.29, 1.82) is 0 Å². The molecule has 3 rings (SSSR count). The minimum atomic E-state index is -5.08. The van der Waals surface area contributed by atoms with Crippen LogP contribution in [0.25, 0.3) is 0 Å². The molecule has 1 aromatic rings. The molecule has 1 fully saturated rings. The maximum atomic E-state index is 13.0. The van der Waals surface area contributed by atoms with Gasteiger partial charge in [0.25, 0.3) is 5.91 Å². The van der Waals surface area contributed by atoms with Crippen LogP contribution >= 0.6 is 0 Å². The third kappa shape index (κ3) is 8.09. The van der Waals surface area contributed by atoms with Crippen molar-refractivity contribution in [3.8, 4) is 0 Å². The molecule has 17 heteroatoms. The molecule has 0 aromatic heterocycles. The van der Waals surface area contributed by atoms with Crippen LogP contribution < -0.4 is 27.6 Å². The molecule has 2 aliphatic rings. The third-order valence-corrected chi connectivity index (χ3v) is 7.52. The lowest BCUT2D eigenvalue weighted by Crippen LogP contribution is -2.45. The van der Waals surface area contributed by atoms with E-state index in [1.807, 2.05) is 6.07 Å². The number of nitrogens with zero attached hydrogens (tertiary/aromatic N) is 1. The molecular formula is C27H35F3N6O8. The van der Waals surface area contributed by atoms with Crippen LogP contribution in [0.15, 0.2) is 23.2 Å². The van der Waals surface area contributed by atoms with Crippen molar-refractivity contribution in [2.45, 2.75) is 68.6 Å². The van der Waals surface area contributed by atoms with Crippen LogP contribution in [0.4, 0.5) is 13.2 Å². The zero-order valence-electron chi connectivity index (χ0n) is 24.0. The Morgan fingerprint density at radius 1 is 1.16 bits per heavy atom. The van der Waals surface area contributed by atoms with Crippen LogP contribution in [0.3, 0.4) is 0 Å². The van der Waals surface area contributed by atoms with Crippen LogP contribution in [0, 0.1) is 5.92 Å². The smallest absolute Gasteiger partial charge is 0.475 e. The van der Waals surface area contributed by atoms with Gasteiger partial charge in [-0.1, -0.05) is 25.5 Å². The van der Waals surface area contributed by atoms with Crippen molar-refractivity contribution < 1.29 is 51.8 Å². The molecule has 0 aliphatic carbocycles. The second kappa shape index (κ2) is 14.8. The number of aldehydes is 2. The number of nitrogens with one attached hydrogen (secondary N) is 3. The SMILES string of the molecule is COC(=O)[C@]1(C(C)CC2C(=O)NNC(=O)c3cc(CCCCCN=C(N)N)ccc32)NC1(C=O)CC=O.O=C(O)C(F)(F)F. The van der Waals surface area contributed by atoms with E-state index in [1.165, 1.54) is 7.11 Å². The number of halogens is 3. The molecule has 1 aromatic carbocycles. The third-order valence-electron chi connectivity index (χ3n) is 7.52. The van der Waals surface area contributed by atoms with Crippen molar-refractivity contribution >= 4 is 42.3 Å². The van der Waals surface area contributed by atoms with Gasteiger partial charge in [-0.15, -0.1) is 0 Å². The number of ether oxygens (including phenoxy) is 1. The van der Waals surface area contributed by atoms with E-state index in [0.29, 0.717) is 30.2 Å². The summed E-state index contributed by atoms with van der Waals surface area (Å²) in [4.78, 5) is 74.5. The number of esters is 1. The second-order valence-electron chi connectivity index (χ2n) is 10.4. The van der Waals surface area contributed by atoms with Gasteiger partial charge in [-0.05, 0) is 48.8 Å². The standard InChI is InChI=1S/C25H34N6O6.C2HF3O2/c1-15(25(22(36)37-2)24(14-33,31-25)9-11-32)12-18-17-8-7-16(6-4-3-5-10-28-23(26)27)13-19(17)21(35)30-29-20(18)34;3-2(4,5)1(6)7/h7-8,11,13-15,18,31H,3-6,9-10,12H2,1-2H3,(H,29,34)(H,30,35)(H4,26,27,28);(H,6,7)/t15?,18?,24?,25-;/m0./s1. The molecule has 2 aliphatic heterocycles. The van der Waals surface area contributed by atoms with Gasteiger partial charge in [0.2, 0.25) is 5.91 Å². The molecule has 0 saturated carbocycles. The number of carboxylic acids is 1. The lowest BCUT2D eigenvalue weighted by molar-refractivity contribution is -0.192. The number of carboxylic acid groups (broad SMARTS) is 1. The predicted octanol–water partition coefficient (Wildman–Crippen LogP) is 0.232. The molecular weight excluding hydrogens is 593 g/mol. The average molecular weight is 629 g/mol. The number of carbonyl (C=O) groups is 6. The van der Waals surface area contributed by atoms with Crippen molar-refractivity contribution in [1.82, 2.24) is 16.2 Å². The Hall–Kier alpha value is -4.54. The quantitative estimate of drug-likeness (QED) is 0.0431. The summed E-state index contributed by atoms with van der Waals surface area (Å²) < 4.78 is 36.7. The van der Waals surface area contributed by atoms with Crippen molar-refractivity contribution in [2.24, 2.45) is 22.4 Å². The van der Waals surface area contributed by atoms with E-state index in [9.17, 15) is 37.1 Å². The van der Waals surface area contributed by atoms with Crippen molar-refractivity contribution in [2.75, 3.05) is 13.7 Å². The summed E-state index contributed by atoms with van der Waals surface area (Å²) in [6.07, 6.45) is -0.717. The highest BCUT2D eigenvalue weighted by Gasteiger charge is 2.75. The van der Waals surface area contributed by atoms with Gasteiger partial charge in [0.1, 0.15) is 23.7 Å². The van der Waals surface area contributed by atoms with E-state index in [-0.39, 0.29) is 18.8 Å². The molecule has 0 spiro atoms. The molecule has 4 atom stereocenters. The van der Waals surface area contributed by atoms with Crippen LogP contribution in [0.1, 0.15) is 66.4 Å². The lowest BCUT2D eigenvalue weighted by Gasteiger charge is -2.26. The van der Waals surface area contributed by atoms with Crippen LogP contribution in [0.5, 0.6) is 0 Å². The van der Waals surface area contributed by atoms with Gasteiger partial charge in [0, 0.05) is 18.5 Å². The molecule has 242 valence electrons. The van der Waals surface area contributed by atoms with E-state index < -0.39 is 52.8 Å². The molecule has 3 unspecified atom stereocenters. The Kier molecular flexibility index (Phi) is 12.0. The Bertz CT molecular complexity index is 1300. The fraction of sp³-hybridized carbons (Fsp3) is 0.519. The summed E-state index contributed by atoms with van der Waals surface area (Å²) >= 11 is 0. The minimum absolute atomic E-state index is 0.0688. The number of hydrogen-bond acceptors (Lipinski definition) is 9. The first-order chi connectivity index (χ1) is 20.6. The molecule has 2 heterocycles. The number of aliphatic carboxylic acids is 1. The topological polar surface area (TPSA) is 242 Å². The molecule has 8 N–H and O–H groups in total. The summed E-state index contributed by atoms with van der Waals surface area (Å²) in [5.41, 5.74) is 14.5. The fourth-order valence-electron chi connectivity index (χ4n) is 5.26. The largest absolute Gasteiger partial charge is 0.490 e. The van der Waals surface area contributed by atoms with Crippen LogP contribution in [0.2, 0.25) is 0 Å². The highest BCUT2D eigenvalue weighted by atomic mass is 19.4. The fourth-order valence-corrected chi connectivity index (χ4v) is 5.26. The van der Waals surface area contributed by atoms with Gasteiger partial charge in [0.15, 0.2) is 5.96 Å². The van der Waals surface area contributed by atoms with Gasteiger partial charge in [-0.2, -0.15) is 13.2 Å². The minimum Gasteiger partial charge on any atom is -0.475 e. The summed E-state index contributed by atoms with van der Waals surface area (Å²) in [5, 5.41) is 10.0. The first kappa shape index (κ1) is 35.7. The van der Waals surface area contributed by atoms with Gasteiger partial charge >= 0.3 is 18.1 Å². The van der Waals surface area contributed by atoms with E-state index in [2.05, 4.69) is 21.2 Å². The number of benzene rings is 1. The number of unbranched alkanes of at least 4 members (excludes halogenated alkanes) is 2. The molecule has 0 radical (unpaired) electrons. The number of aliphatic imine (C=N–C) groups is 1. The number of carbonyl (C=O) groups excluding carboxylic acids is 5. The maximum absolute atomic E-state index is 13.0. The Morgan fingerprint density at radius 2 is 1.82 bits per heavy atom. The molecule has 44 heavy (non-hydrogen) atoms. The van der Waals surface area contributed by atoms with Gasteiger partial charge in [0.05, 0.1) is 13.0 Å². The van der Waals surface area contributed by atoms with Gasteiger partial charge in [-0.3, -0.25) is 30.7 Å². The average Bonchev–Trinajstić information content (AvgIpc) is 3.67. The van der Waals surface area contributed by atoms with Crippen molar-refractivity contribution in [3.05, 3.63) is 34.9 Å². The number of rotatable bonds is 13. The number of guanidine groups is 1. The number of hydrazine groups is 1. The summed E-state index contributed by atoms with van der Waals surface area (Å²) in [6, 6.07) is 5.41. The number of amides is 2. The number of alkyl halides is 3. The number of fused-ring (bicyclic) bond motifs is 1. The summed E-state index contributed by atoms with van der Waals surface area (Å²) in [5.74, 6) is -5.64. The number of hydrogen-bond donors (Lipinski definition) is 6. The Morgan fingerprint density at radius 3 is 2.36 bits per heavy atom. The molecule has 2 amide bonds. The van der Waals surface area contributed by atoms with E-state index >= 15 is 0 Å². The highest BCUT2D eigenvalue weighted by Crippen LogP contribution is 2.49. The van der Waals surface area contributed by atoms with Crippen molar-refractivity contribution in [3.63, 3.8) is 0 Å². The lowest BCUT2D eigenvalue weighted by atomic mass is 9.75. The van der Waals surface area contributed by atoms with Crippen LogP contribution in [-0.2, 0) is 35.1 Å². The first-order valence-electron chi connectivity index (χ1n) is 13.5. The van der Waals surface area contributed by atoms with Gasteiger partial charge in [-0.25, -0.2) is 9.59 Å². The second-order valence-corrected chi connectivity index (χ2v) is 10.4. The maximum Gasteiger partial charge on any atom is 0.490 e.